The Bertz CT molecular complexity index is 613. The number of hydrogen-bond acceptors (Lipinski definition) is 6. The van der Waals surface area contributed by atoms with Crippen molar-refractivity contribution in [1.82, 2.24) is 9.91 Å². The fourth-order valence-corrected chi connectivity index (χ4v) is 2.04. The van der Waals surface area contributed by atoms with E-state index >= 15 is 0 Å². The number of rotatable bonds is 6. The molecule has 1 aliphatic heterocycles. The highest BCUT2D eigenvalue weighted by Gasteiger charge is 2.39. The molecule has 1 aromatic rings. The van der Waals surface area contributed by atoms with Gasteiger partial charge in [-0.15, -0.1) is 5.01 Å². The van der Waals surface area contributed by atoms with Gasteiger partial charge in [-0.3, -0.25) is 9.59 Å². The molecule has 0 fully saturated rings. The van der Waals surface area contributed by atoms with Crippen LogP contribution in [0.1, 0.15) is 34.6 Å². The maximum Gasteiger partial charge on any atom is 0.264 e. The molecule has 0 saturated heterocycles. The summed E-state index contributed by atoms with van der Waals surface area (Å²) in [7, 11) is 1.42. The Hall–Kier alpha value is -2.68. The third-order valence-electron chi connectivity index (χ3n) is 3.63. The van der Waals surface area contributed by atoms with Gasteiger partial charge in [0.25, 0.3) is 11.8 Å². The van der Waals surface area contributed by atoms with Gasteiger partial charge in [0, 0.05) is 0 Å². The first-order valence-electron chi connectivity index (χ1n) is 7.03. The van der Waals surface area contributed by atoms with E-state index in [1.807, 2.05) is 0 Å². The molecule has 2 rings (SSSR count). The fraction of sp³-hybridized carbons (Fsp3) is 0.429. The summed E-state index contributed by atoms with van der Waals surface area (Å²) in [4.78, 5) is 30.5. The second-order valence-electron chi connectivity index (χ2n) is 5.17. The Morgan fingerprint density at radius 1 is 1.30 bits per heavy atom. The summed E-state index contributed by atoms with van der Waals surface area (Å²) in [6.07, 6.45) is -1.04. The first-order valence-corrected chi connectivity index (χ1v) is 7.03. The van der Waals surface area contributed by atoms with Gasteiger partial charge in [-0.05, 0) is 26.0 Å². The van der Waals surface area contributed by atoms with Crippen LogP contribution in [0.3, 0.4) is 0 Å². The number of amides is 2. The van der Waals surface area contributed by atoms with Crippen LogP contribution in [0.2, 0.25) is 0 Å². The van der Waals surface area contributed by atoms with Gasteiger partial charge in [-0.25, -0.2) is 4.90 Å². The molecule has 0 aliphatic carbocycles. The molecule has 9 nitrogen and oxygen atoms in total. The van der Waals surface area contributed by atoms with Crippen molar-refractivity contribution in [3.05, 3.63) is 40.6 Å². The van der Waals surface area contributed by atoms with Crippen LogP contribution >= 0.6 is 0 Å². The van der Waals surface area contributed by atoms with Crippen molar-refractivity contribution < 1.29 is 24.5 Å². The number of carbonyl (C=O) groups is 2. The SMILES string of the molecule is CC(O/N=[N+](/[O-])N(C)[C@@H](C)CO)N1C(=O)c2ccccc2C1=O. The van der Waals surface area contributed by atoms with Gasteiger partial charge in [0.15, 0.2) is 0 Å². The van der Waals surface area contributed by atoms with Crippen LogP contribution in [0.4, 0.5) is 0 Å². The zero-order valence-electron chi connectivity index (χ0n) is 13.0. The normalized spacial score (nSPS) is 17.0. The lowest BCUT2D eigenvalue weighted by Crippen LogP contribution is -2.40. The Kier molecular flexibility index (Phi) is 4.80. The molecule has 0 spiro atoms. The maximum absolute atomic E-state index is 12.2. The zero-order chi connectivity index (χ0) is 17.1. The van der Waals surface area contributed by atoms with Crippen LogP contribution in [0.25, 0.3) is 0 Å². The number of nitrogens with zero attached hydrogens (tertiary/aromatic N) is 4. The number of carbonyl (C=O) groups excluding carboxylic acids is 2. The van der Waals surface area contributed by atoms with Crippen molar-refractivity contribution in [2.75, 3.05) is 13.7 Å². The number of imide groups is 1. The highest BCUT2D eigenvalue weighted by atomic mass is 16.7. The molecule has 1 N–H and O–H groups in total. The Labute approximate surface area is 132 Å². The van der Waals surface area contributed by atoms with Crippen LogP contribution in [0.15, 0.2) is 29.5 Å². The maximum atomic E-state index is 12.2. The minimum Gasteiger partial charge on any atom is -0.569 e. The van der Waals surface area contributed by atoms with E-state index in [0.717, 1.165) is 9.91 Å². The zero-order valence-corrected chi connectivity index (χ0v) is 13.0. The molecule has 0 radical (unpaired) electrons. The van der Waals surface area contributed by atoms with Gasteiger partial charge >= 0.3 is 0 Å². The Morgan fingerprint density at radius 3 is 2.30 bits per heavy atom. The van der Waals surface area contributed by atoms with E-state index in [1.54, 1.807) is 31.2 Å². The average molecular weight is 322 g/mol. The van der Waals surface area contributed by atoms with Gasteiger partial charge in [-0.1, -0.05) is 12.1 Å². The summed E-state index contributed by atoms with van der Waals surface area (Å²) in [5.41, 5.74) is 0.580. The first kappa shape index (κ1) is 16.7. The Balaban J connectivity index is 2.09. The number of hydrogen-bond donors (Lipinski definition) is 1. The van der Waals surface area contributed by atoms with E-state index < -0.39 is 24.1 Å². The van der Waals surface area contributed by atoms with E-state index in [-0.39, 0.29) is 22.7 Å². The number of hydrazine groups is 1. The summed E-state index contributed by atoms with van der Waals surface area (Å²) in [6, 6.07) is 5.96. The van der Waals surface area contributed by atoms with E-state index in [1.165, 1.54) is 14.0 Å². The number of likely N-dealkylation sites (N-methyl/N-ethyl adjacent to an activating group) is 1. The molecule has 0 aromatic heterocycles. The number of benzene rings is 1. The number of aliphatic hydroxyl groups excluding tert-OH is 1. The molecule has 2 amide bonds. The van der Waals surface area contributed by atoms with Crippen LogP contribution in [0, 0.1) is 5.21 Å². The van der Waals surface area contributed by atoms with Crippen molar-refractivity contribution in [2.24, 2.45) is 5.28 Å². The van der Waals surface area contributed by atoms with Gasteiger partial charge < -0.3 is 15.2 Å². The van der Waals surface area contributed by atoms with Crippen LogP contribution in [-0.4, -0.2) is 57.7 Å². The molecule has 1 aliphatic rings. The van der Waals surface area contributed by atoms with Crippen LogP contribution in [0.5, 0.6) is 0 Å². The lowest BCUT2D eigenvalue weighted by Gasteiger charge is -2.21. The topological polar surface area (TPSA) is 109 Å². The molecule has 124 valence electrons. The third-order valence-corrected chi connectivity index (χ3v) is 3.63. The first-order chi connectivity index (χ1) is 10.9. The minimum absolute atomic E-state index is 0.148. The summed E-state index contributed by atoms with van der Waals surface area (Å²) in [5, 5.41) is 25.1. The van der Waals surface area contributed by atoms with Crippen molar-refractivity contribution in [3.63, 3.8) is 0 Å². The summed E-state index contributed by atoms with van der Waals surface area (Å²) < 4.78 is 0. The van der Waals surface area contributed by atoms with Crippen LogP contribution < -0.4 is 0 Å². The lowest BCUT2D eigenvalue weighted by molar-refractivity contribution is -0.714. The van der Waals surface area contributed by atoms with E-state index in [9.17, 15) is 14.8 Å². The average Bonchev–Trinajstić information content (AvgIpc) is 2.82. The van der Waals surface area contributed by atoms with Gasteiger partial charge in [0.1, 0.15) is 6.04 Å². The van der Waals surface area contributed by atoms with E-state index in [2.05, 4.69) is 5.28 Å². The minimum atomic E-state index is -1.04. The second-order valence-corrected chi connectivity index (χ2v) is 5.17. The van der Waals surface area contributed by atoms with E-state index in [0.29, 0.717) is 0 Å². The second kappa shape index (κ2) is 6.61. The Morgan fingerprint density at radius 2 is 1.83 bits per heavy atom. The molecule has 9 heteroatoms. The summed E-state index contributed by atoms with van der Waals surface area (Å²) >= 11 is 0. The predicted octanol–water partition coefficient (Wildman–Crippen LogP) is 0.750. The largest absolute Gasteiger partial charge is 0.569 e. The number of aliphatic hydroxyl groups is 1. The van der Waals surface area contributed by atoms with Crippen molar-refractivity contribution >= 4 is 11.8 Å². The van der Waals surface area contributed by atoms with E-state index in [4.69, 9.17) is 9.94 Å². The van der Waals surface area contributed by atoms with Gasteiger partial charge in [-0.2, -0.15) is 0 Å². The summed E-state index contributed by atoms with van der Waals surface area (Å²) in [6.45, 7) is 2.82. The fourth-order valence-electron chi connectivity index (χ4n) is 2.04. The molecule has 23 heavy (non-hydrogen) atoms. The predicted molar refractivity (Wildman–Crippen MR) is 77.9 cm³/mol. The quantitative estimate of drug-likeness (QED) is 0.358. The van der Waals surface area contributed by atoms with Crippen molar-refractivity contribution in [1.29, 1.82) is 0 Å². The molecule has 1 unspecified atom stereocenters. The van der Waals surface area contributed by atoms with Crippen molar-refractivity contribution in [2.45, 2.75) is 26.1 Å². The molecule has 1 aromatic carbocycles. The van der Waals surface area contributed by atoms with Crippen molar-refractivity contribution in [3.8, 4) is 0 Å². The highest BCUT2D eigenvalue weighted by Crippen LogP contribution is 2.24. The molecule has 1 heterocycles. The van der Waals surface area contributed by atoms with Gasteiger partial charge in [0.05, 0.1) is 29.8 Å². The molecule has 2 atom stereocenters. The third kappa shape index (κ3) is 3.09. The van der Waals surface area contributed by atoms with Gasteiger partial charge in [0.2, 0.25) is 11.5 Å². The molecule has 0 saturated carbocycles. The summed E-state index contributed by atoms with van der Waals surface area (Å²) in [5.74, 6) is -0.995. The van der Waals surface area contributed by atoms with Crippen LogP contribution in [-0.2, 0) is 4.84 Å². The standard InChI is InChI=1S/C14H18N4O5/c1-9(8-19)16(3)18(22)15-23-10(2)17-13(20)11-6-4-5-7-12(11)14(17)21/h4-7,9-10,19H,8H2,1-3H3/b18-15+/t9-,10?/m0/s1. The highest BCUT2D eigenvalue weighted by molar-refractivity contribution is 6.21. The molecule has 0 bridgehead atoms. The molecular formula is C14H18N4O5. The number of fused-ring (bicyclic) bond motifs is 1. The lowest BCUT2D eigenvalue weighted by atomic mass is 10.1. The molecular weight excluding hydrogens is 304 g/mol. The monoisotopic (exact) mass is 322 g/mol. The smallest absolute Gasteiger partial charge is 0.264 e.